The zero-order valence-corrected chi connectivity index (χ0v) is 10.5. The average molecular weight is 257 g/mol. The highest BCUT2D eigenvalue weighted by atomic mass is 32.2. The third-order valence-corrected chi connectivity index (χ3v) is 3.66. The second-order valence-corrected chi connectivity index (χ2v) is 4.99. The first-order valence-corrected chi connectivity index (χ1v) is 6.54. The molecule has 1 aliphatic heterocycles. The van der Waals surface area contributed by atoms with Crippen LogP contribution in [0.1, 0.15) is 19.8 Å². The Morgan fingerprint density at radius 1 is 1.71 bits per heavy atom. The van der Waals surface area contributed by atoms with E-state index >= 15 is 0 Å². The molecule has 94 valence electrons. The summed E-state index contributed by atoms with van der Waals surface area (Å²) in [5, 5.41) is 6.87. The Bertz CT molecular complexity index is 448. The molecular weight excluding hydrogens is 242 g/mol. The molecule has 1 saturated heterocycles. The Labute approximate surface area is 103 Å². The van der Waals surface area contributed by atoms with E-state index in [0.29, 0.717) is 17.5 Å². The van der Waals surface area contributed by atoms with Crippen LogP contribution in [0.25, 0.3) is 0 Å². The van der Waals surface area contributed by atoms with Gasteiger partial charge in [-0.15, -0.1) is 5.10 Å². The number of aromatic amines is 1. The molecule has 2 rings (SSSR count). The zero-order valence-electron chi connectivity index (χ0n) is 9.64. The molecule has 1 atom stereocenters. The van der Waals surface area contributed by atoms with Crippen LogP contribution in [0, 0.1) is 0 Å². The molecular formula is C10H15N3O3S. The van der Waals surface area contributed by atoms with Crippen molar-refractivity contribution in [1.29, 1.82) is 0 Å². The molecule has 17 heavy (non-hydrogen) atoms. The van der Waals surface area contributed by atoms with Gasteiger partial charge in [0, 0.05) is 6.61 Å². The predicted octanol–water partition coefficient (Wildman–Crippen LogP) is 0.431. The molecule has 1 unspecified atom stereocenters. The summed E-state index contributed by atoms with van der Waals surface area (Å²) in [5.74, 6) is 0.393. The van der Waals surface area contributed by atoms with Gasteiger partial charge in [-0.1, -0.05) is 11.8 Å². The number of nitrogens with one attached hydrogen (secondary N) is 1. The van der Waals surface area contributed by atoms with Crippen molar-refractivity contribution in [3.63, 3.8) is 0 Å². The van der Waals surface area contributed by atoms with Gasteiger partial charge >= 0.3 is 5.69 Å². The number of carbonyl (C=O) groups is 1. The van der Waals surface area contributed by atoms with Crippen molar-refractivity contribution >= 4 is 17.5 Å². The second kappa shape index (κ2) is 5.50. The monoisotopic (exact) mass is 257 g/mol. The van der Waals surface area contributed by atoms with Gasteiger partial charge in [0.15, 0.2) is 5.16 Å². The van der Waals surface area contributed by atoms with E-state index in [0.717, 1.165) is 19.4 Å². The lowest BCUT2D eigenvalue weighted by atomic mass is 10.2. The molecule has 2 heterocycles. The minimum atomic E-state index is -0.244. The number of ether oxygens (including phenoxy) is 1. The molecule has 0 aromatic carbocycles. The SMILES string of the molecule is CC(=O)CSc1n[nH]c(=O)n1CC1CCCO1. The summed E-state index contributed by atoms with van der Waals surface area (Å²) in [6.45, 7) is 2.78. The fourth-order valence-electron chi connectivity index (χ4n) is 1.73. The molecule has 0 aliphatic carbocycles. The van der Waals surface area contributed by atoms with Crippen molar-refractivity contribution < 1.29 is 9.53 Å². The van der Waals surface area contributed by atoms with E-state index in [9.17, 15) is 9.59 Å². The van der Waals surface area contributed by atoms with Gasteiger partial charge in [-0.2, -0.15) is 0 Å². The molecule has 1 N–H and O–H groups in total. The van der Waals surface area contributed by atoms with E-state index in [-0.39, 0.29) is 17.6 Å². The number of ketones is 1. The Morgan fingerprint density at radius 3 is 3.18 bits per heavy atom. The van der Waals surface area contributed by atoms with Gasteiger partial charge in [0.25, 0.3) is 0 Å². The van der Waals surface area contributed by atoms with Crippen molar-refractivity contribution in [1.82, 2.24) is 14.8 Å². The predicted molar refractivity (Wildman–Crippen MR) is 63.2 cm³/mol. The molecule has 7 heteroatoms. The van der Waals surface area contributed by atoms with Crippen LogP contribution >= 0.6 is 11.8 Å². The summed E-state index contributed by atoms with van der Waals surface area (Å²) in [5.41, 5.74) is -0.244. The van der Waals surface area contributed by atoms with Crippen molar-refractivity contribution in [3.05, 3.63) is 10.5 Å². The van der Waals surface area contributed by atoms with Crippen LogP contribution < -0.4 is 5.69 Å². The summed E-state index contributed by atoms with van der Waals surface area (Å²) in [6, 6.07) is 0. The molecule has 0 bridgehead atoms. The highest BCUT2D eigenvalue weighted by Crippen LogP contribution is 2.17. The molecule has 6 nitrogen and oxygen atoms in total. The molecule has 0 radical (unpaired) electrons. The summed E-state index contributed by atoms with van der Waals surface area (Å²) in [4.78, 5) is 22.5. The fraction of sp³-hybridized carbons (Fsp3) is 0.700. The van der Waals surface area contributed by atoms with E-state index in [4.69, 9.17) is 4.74 Å². The standard InChI is InChI=1S/C10H15N3O3S/c1-7(14)6-17-10-12-11-9(15)13(10)5-8-3-2-4-16-8/h8H,2-6H2,1H3,(H,11,15). The van der Waals surface area contributed by atoms with Crippen LogP contribution in [0.5, 0.6) is 0 Å². The number of rotatable bonds is 5. The Morgan fingerprint density at radius 2 is 2.53 bits per heavy atom. The van der Waals surface area contributed by atoms with E-state index in [1.807, 2.05) is 0 Å². The van der Waals surface area contributed by atoms with E-state index < -0.39 is 0 Å². The van der Waals surface area contributed by atoms with Gasteiger partial charge in [-0.25, -0.2) is 9.89 Å². The van der Waals surface area contributed by atoms with Crippen molar-refractivity contribution in [2.75, 3.05) is 12.4 Å². The first kappa shape index (κ1) is 12.4. The highest BCUT2D eigenvalue weighted by Gasteiger charge is 2.19. The van der Waals surface area contributed by atoms with Gasteiger partial charge in [-0.05, 0) is 19.8 Å². The van der Waals surface area contributed by atoms with Crippen LogP contribution in [-0.4, -0.2) is 39.0 Å². The first-order chi connectivity index (χ1) is 8.16. The number of carbonyl (C=O) groups excluding carboxylic acids is 1. The third kappa shape index (κ3) is 3.19. The largest absolute Gasteiger partial charge is 0.376 e. The maximum atomic E-state index is 11.6. The van der Waals surface area contributed by atoms with E-state index in [2.05, 4.69) is 10.2 Å². The number of aromatic nitrogens is 3. The number of H-pyrrole nitrogens is 1. The lowest BCUT2D eigenvalue weighted by Crippen LogP contribution is -2.25. The number of hydrogen-bond donors (Lipinski definition) is 1. The molecule has 1 aliphatic rings. The molecule has 1 fully saturated rings. The van der Waals surface area contributed by atoms with Crippen LogP contribution in [0.2, 0.25) is 0 Å². The van der Waals surface area contributed by atoms with Crippen molar-refractivity contribution in [3.8, 4) is 0 Å². The number of Topliss-reactive ketones (excluding diaryl/α,β-unsaturated/α-hetero) is 1. The van der Waals surface area contributed by atoms with Gasteiger partial charge in [0.2, 0.25) is 0 Å². The van der Waals surface area contributed by atoms with Gasteiger partial charge in [0.05, 0.1) is 18.4 Å². The molecule has 0 amide bonds. The van der Waals surface area contributed by atoms with Crippen LogP contribution in [-0.2, 0) is 16.1 Å². The fourth-order valence-corrected chi connectivity index (χ4v) is 2.49. The zero-order chi connectivity index (χ0) is 12.3. The minimum Gasteiger partial charge on any atom is -0.376 e. The maximum absolute atomic E-state index is 11.6. The lowest BCUT2D eigenvalue weighted by molar-refractivity contribution is -0.114. The summed E-state index contributed by atoms with van der Waals surface area (Å²) in [7, 11) is 0. The smallest absolute Gasteiger partial charge is 0.344 e. The minimum absolute atomic E-state index is 0.0640. The number of nitrogens with zero attached hydrogens (tertiary/aromatic N) is 2. The van der Waals surface area contributed by atoms with E-state index in [1.54, 1.807) is 4.57 Å². The maximum Gasteiger partial charge on any atom is 0.344 e. The van der Waals surface area contributed by atoms with Gasteiger partial charge < -0.3 is 4.74 Å². The topological polar surface area (TPSA) is 77.0 Å². The number of thioether (sulfide) groups is 1. The average Bonchev–Trinajstić information content (AvgIpc) is 2.89. The molecule has 1 aromatic rings. The quantitative estimate of drug-likeness (QED) is 0.774. The van der Waals surface area contributed by atoms with E-state index in [1.165, 1.54) is 18.7 Å². The second-order valence-electron chi connectivity index (χ2n) is 4.05. The summed E-state index contributed by atoms with van der Waals surface area (Å²) >= 11 is 1.27. The highest BCUT2D eigenvalue weighted by molar-refractivity contribution is 7.99. The van der Waals surface area contributed by atoms with Crippen LogP contribution in [0.15, 0.2) is 9.95 Å². The summed E-state index contributed by atoms with van der Waals surface area (Å²) in [6.07, 6.45) is 2.09. The van der Waals surface area contributed by atoms with Gasteiger partial charge in [-0.3, -0.25) is 9.36 Å². The Kier molecular flexibility index (Phi) is 4.01. The first-order valence-electron chi connectivity index (χ1n) is 5.56. The van der Waals surface area contributed by atoms with Crippen LogP contribution in [0.4, 0.5) is 0 Å². The van der Waals surface area contributed by atoms with Gasteiger partial charge in [0.1, 0.15) is 5.78 Å². The number of hydrogen-bond acceptors (Lipinski definition) is 5. The third-order valence-electron chi connectivity index (χ3n) is 2.54. The molecule has 1 aromatic heterocycles. The Balaban J connectivity index is 2.05. The van der Waals surface area contributed by atoms with Crippen molar-refractivity contribution in [2.24, 2.45) is 0 Å². The lowest BCUT2D eigenvalue weighted by Gasteiger charge is -2.10. The summed E-state index contributed by atoms with van der Waals surface area (Å²) < 4.78 is 7.03. The molecule has 0 saturated carbocycles. The van der Waals surface area contributed by atoms with Crippen LogP contribution in [0.3, 0.4) is 0 Å². The Hall–Kier alpha value is -1.08. The normalized spacial score (nSPS) is 19.7. The molecule has 0 spiro atoms. The van der Waals surface area contributed by atoms with Crippen molar-refractivity contribution in [2.45, 2.75) is 37.6 Å².